The van der Waals surface area contributed by atoms with Crippen molar-refractivity contribution in [3.8, 4) is 0 Å². The van der Waals surface area contributed by atoms with Crippen molar-refractivity contribution in [1.29, 1.82) is 0 Å². The monoisotopic (exact) mass is 399 g/mol. The van der Waals surface area contributed by atoms with Crippen LogP contribution in [0.4, 0.5) is 0 Å². The van der Waals surface area contributed by atoms with Crippen LogP contribution >= 0.6 is 35.6 Å². The van der Waals surface area contributed by atoms with Crippen molar-refractivity contribution in [2.45, 2.75) is 31.3 Å². The van der Waals surface area contributed by atoms with Crippen LogP contribution in [0.1, 0.15) is 37.0 Å². The van der Waals surface area contributed by atoms with E-state index in [1.54, 1.807) is 6.07 Å². The van der Waals surface area contributed by atoms with Crippen LogP contribution in [-0.4, -0.2) is 19.7 Å². The molecule has 0 aromatic heterocycles. The Morgan fingerprint density at radius 2 is 1.76 bits per heavy atom. The van der Waals surface area contributed by atoms with Gasteiger partial charge in [0.15, 0.2) is 0 Å². The average molecular weight is 401 g/mol. The van der Waals surface area contributed by atoms with Gasteiger partial charge in [-0.05, 0) is 56.6 Å². The second-order valence-electron chi connectivity index (χ2n) is 6.52. The third-order valence-corrected chi connectivity index (χ3v) is 5.53. The van der Waals surface area contributed by atoms with Gasteiger partial charge < -0.3 is 10.1 Å². The standard InChI is InChI=1S/C20H23Cl2NO.ClH/c1-15(18-13-17(21)7-8-19(18)22)24-14-20(9-11-23-12-10-20)16-5-3-2-4-6-16;/h2-8,13,15,23H,9-12,14H2,1H3;1H. The molecular formula is C20H24Cl3NO. The van der Waals surface area contributed by atoms with E-state index in [-0.39, 0.29) is 23.9 Å². The number of halogens is 3. The zero-order valence-corrected chi connectivity index (χ0v) is 16.6. The predicted molar refractivity (Wildman–Crippen MR) is 108 cm³/mol. The van der Waals surface area contributed by atoms with Crippen LogP contribution in [0.3, 0.4) is 0 Å². The van der Waals surface area contributed by atoms with E-state index < -0.39 is 0 Å². The average Bonchev–Trinajstić information content (AvgIpc) is 2.63. The summed E-state index contributed by atoms with van der Waals surface area (Å²) in [6, 6.07) is 16.2. The van der Waals surface area contributed by atoms with E-state index in [2.05, 4.69) is 35.6 Å². The summed E-state index contributed by atoms with van der Waals surface area (Å²) in [5, 5.41) is 4.84. The molecule has 1 aliphatic rings. The van der Waals surface area contributed by atoms with E-state index in [9.17, 15) is 0 Å². The third kappa shape index (κ3) is 4.90. The molecule has 0 bridgehead atoms. The first kappa shape index (κ1) is 20.5. The van der Waals surface area contributed by atoms with Gasteiger partial charge >= 0.3 is 0 Å². The van der Waals surface area contributed by atoms with E-state index in [0.717, 1.165) is 31.5 Å². The summed E-state index contributed by atoms with van der Waals surface area (Å²) in [7, 11) is 0. The van der Waals surface area contributed by atoms with Crippen LogP contribution < -0.4 is 5.32 Å². The van der Waals surface area contributed by atoms with E-state index in [1.807, 2.05) is 19.1 Å². The van der Waals surface area contributed by atoms with E-state index in [1.165, 1.54) is 5.56 Å². The Labute approximate surface area is 166 Å². The summed E-state index contributed by atoms with van der Waals surface area (Å²) >= 11 is 12.4. The SMILES string of the molecule is CC(OCC1(c2ccccc2)CCNCC1)c1cc(Cl)ccc1Cl.Cl. The minimum Gasteiger partial charge on any atom is -0.373 e. The van der Waals surface area contributed by atoms with Crippen LogP contribution in [0.25, 0.3) is 0 Å². The van der Waals surface area contributed by atoms with E-state index in [0.29, 0.717) is 16.7 Å². The molecule has 25 heavy (non-hydrogen) atoms. The highest BCUT2D eigenvalue weighted by atomic mass is 35.5. The van der Waals surface area contributed by atoms with Gasteiger partial charge in [-0.2, -0.15) is 0 Å². The second-order valence-corrected chi connectivity index (χ2v) is 7.36. The Morgan fingerprint density at radius 1 is 1.08 bits per heavy atom. The molecule has 1 fully saturated rings. The van der Waals surface area contributed by atoms with Gasteiger partial charge in [-0.15, -0.1) is 12.4 Å². The first-order chi connectivity index (χ1) is 11.6. The minimum atomic E-state index is -0.0910. The van der Waals surface area contributed by atoms with Crippen LogP contribution in [0, 0.1) is 0 Å². The summed E-state index contributed by atoms with van der Waals surface area (Å²) in [6.07, 6.45) is 2.06. The number of ether oxygens (including phenoxy) is 1. The molecule has 5 heteroatoms. The van der Waals surface area contributed by atoms with Gasteiger partial charge in [0, 0.05) is 21.0 Å². The van der Waals surface area contributed by atoms with Crippen molar-refractivity contribution < 1.29 is 4.74 Å². The Kier molecular flexibility index (Phi) is 7.60. The third-order valence-electron chi connectivity index (χ3n) is 4.95. The lowest BCUT2D eigenvalue weighted by molar-refractivity contribution is 0.0167. The van der Waals surface area contributed by atoms with Gasteiger partial charge in [0.1, 0.15) is 0 Å². The molecule has 3 rings (SSSR count). The van der Waals surface area contributed by atoms with Gasteiger partial charge in [0.2, 0.25) is 0 Å². The number of rotatable bonds is 5. The first-order valence-electron chi connectivity index (χ1n) is 8.43. The molecule has 136 valence electrons. The topological polar surface area (TPSA) is 21.3 Å². The molecule has 2 nitrogen and oxygen atoms in total. The number of hydrogen-bond donors (Lipinski definition) is 1. The Hall–Kier alpha value is -0.770. The number of hydrogen-bond acceptors (Lipinski definition) is 2. The van der Waals surface area contributed by atoms with Gasteiger partial charge in [0.25, 0.3) is 0 Å². The van der Waals surface area contributed by atoms with Crippen molar-refractivity contribution in [3.05, 3.63) is 69.7 Å². The Balaban J connectivity index is 0.00000225. The molecule has 1 unspecified atom stereocenters. The van der Waals surface area contributed by atoms with Crippen LogP contribution in [0.5, 0.6) is 0 Å². The maximum Gasteiger partial charge on any atom is 0.0812 e. The maximum atomic E-state index is 6.32. The largest absolute Gasteiger partial charge is 0.373 e. The number of benzene rings is 2. The minimum absolute atomic E-state index is 0. The second kappa shape index (κ2) is 9.25. The van der Waals surface area contributed by atoms with Gasteiger partial charge in [-0.25, -0.2) is 0 Å². The quantitative estimate of drug-likeness (QED) is 0.683. The molecule has 2 aromatic carbocycles. The fourth-order valence-electron chi connectivity index (χ4n) is 3.41. The molecule has 1 N–H and O–H groups in total. The fourth-order valence-corrected chi connectivity index (χ4v) is 3.87. The molecular weight excluding hydrogens is 377 g/mol. The lowest BCUT2D eigenvalue weighted by Gasteiger charge is -2.38. The summed E-state index contributed by atoms with van der Waals surface area (Å²) < 4.78 is 6.29. The molecule has 0 saturated carbocycles. The molecule has 0 spiro atoms. The number of piperidine rings is 1. The van der Waals surface area contributed by atoms with Gasteiger partial charge in [-0.1, -0.05) is 53.5 Å². The molecule has 1 heterocycles. The first-order valence-corrected chi connectivity index (χ1v) is 9.19. The maximum absolute atomic E-state index is 6.32. The van der Waals surface area contributed by atoms with Crippen molar-refractivity contribution in [2.75, 3.05) is 19.7 Å². The lowest BCUT2D eigenvalue weighted by Crippen LogP contribution is -2.43. The molecule has 1 saturated heterocycles. The smallest absolute Gasteiger partial charge is 0.0812 e. The highest BCUT2D eigenvalue weighted by Gasteiger charge is 2.34. The Morgan fingerprint density at radius 3 is 2.44 bits per heavy atom. The van der Waals surface area contributed by atoms with Crippen molar-refractivity contribution >= 4 is 35.6 Å². The molecule has 0 amide bonds. The molecule has 0 radical (unpaired) electrons. The zero-order valence-electron chi connectivity index (χ0n) is 14.3. The molecule has 1 aliphatic heterocycles. The summed E-state index contributed by atoms with van der Waals surface area (Å²) in [6.45, 7) is 4.76. The highest BCUT2D eigenvalue weighted by Crippen LogP contribution is 2.36. The van der Waals surface area contributed by atoms with Gasteiger partial charge in [0.05, 0.1) is 12.7 Å². The van der Waals surface area contributed by atoms with Crippen LogP contribution in [-0.2, 0) is 10.2 Å². The molecule has 1 atom stereocenters. The summed E-state index contributed by atoms with van der Waals surface area (Å²) in [5.74, 6) is 0. The van der Waals surface area contributed by atoms with Crippen LogP contribution in [0.2, 0.25) is 10.0 Å². The predicted octanol–water partition coefficient (Wildman–Crippen LogP) is 5.81. The zero-order chi connectivity index (χ0) is 17.0. The van der Waals surface area contributed by atoms with Crippen molar-refractivity contribution in [1.82, 2.24) is 5.32 Å². The van der Waals surface area contributed by atoms with Crippen LogP contribution in [0.15, 0.2) is 48.5 Å². The van der Waals surface area contributed by atoms with Crippen molar-refractivity contribution in [2.24, 2.45) is 0 Å². The van der Waals surface area contributed by atoms with Gasteiger partial charge in [-0.3, -0.25) is 0 Å². The number of nitrogens with one attached hydrogen (secondary N) is 1. The molecule has 0 aliphatic carbocycles. The Bertz CT molecular complexity index is 672. The fraction of sp³-hybridized carbons (Fsp3) is 0.400. The molecule has 2 aromatic rings. The van der Waals surface area contributed by atoms with Crippen molar-refractivity contribution in [3.63, 3.8) is 0 Å². The summed E-state index contributed by atoms with van der Waals surface area (Å²) in [4.78, 5) is 0. The normalized spacial score (nSPS) is 17.6. The summed E-state index contributed by atoms with van der Waals surface area (Å²) in [5.41, 5.74) is 2.36. The van der Waals surface area contributed by atoms with E-state index in [4.69, 9.17) is 27.9 Å². The lowest BCUT2D eigenvalue weighted by atomic mass is 9.74. The van der Waals surface area contributed by atoms with E-state index >= 15 is 0 Å². The highest BCUT2D eigenvalue weighted by molar-refractivity contribution is 6.33.